The SMILES string of the molecule is COc1cc2c(Nc3cc(O)c(Cl)cc3F)ccnc2cc1OCc1ccncc1.Cl. The number of hydrogen-bond donors (Lipinski definition) is 2. The third kappa shape index (κ3) is 4.90. The second kappa shape index (κ2) is 9.68. The monoisotopic (exact) mass is 461 g/mol. The van der Waals surface area contributed by atoms with E-state index in [2.05, 4.69) is 15.3 Å². The number of halogens is 3. The molecule has 2 aromatic heterocycles. The molecular formula is C22H18Cl2FN3O3. The van der Waals surface area contributed by atoms with Crippen LogP contribution < -0.4 is 14.8 Å². The van der Waals surface area contributed by atoms with Gasteiger partial charge in [-0.1, -0.05) is 11.6 Å². The minimum absolute atomic E-state index is 0. The van der Waals surface area contributed by atoms with Gasteiger partial charge in [-0.3, -0.25) is 9.97 Å². The number of aromatic hydroxyl groups is 1. The van der Waals surface area contributed by atoms with E-state index >= 15 is 0 Å². The van der Waals surface area contributed by atoms with Crippen molar-refractivity contribution in [3.05, 3.63) is 77.5 Å². The smallest absolute Gasteiger partial charge is 0.163 e. The lowest BCUT2D eigenvalue weighted by molar-refractivity contribution is 0.285. The zero-order chi connectivity index (χ0) is 21.1. The lowest BCUT2D eigenvalue weighted by Gasteiger charge is -2.15. The molecule has 0 saturated carbocycles. The highest BCUT2D eigenvalue weighted by Crippen LogP contribution is 2.37. The molecule has 0 aliphatic rings. The molecule has 2 aromatic carbocycles. The minimum atomic E-state index is -0.591. The number of ether oxygens (including phenoxy) is 2. The molecule has 4 aromatic rings. The van der Waals surface area contributed by atoms with E-state index in [1.807, 2.05) is 12.1 Å². The average Bonchev–Trinajstić information content (AvgIpc) is 2.76. The number of hydrogen-bond acceptors (Lipinski definition) is 6. The number of anilines is 2. The second-order valence-corrected chi connectivity index (χ2v) is 6.84. The van der Waals surface area contributed by atoms with Gasteiger partial charge in [-0.05, 0) is 35.9 Å². The molecule has 4 rings (SSSR count). The van der Waals surface area contributed by atoms with Crippen LogP contribution in [-0.2, 0) is 6.61 Å². The maximum atomic E-state index is 14.3. The fourth-order valence-electron chi connectivity index (χ4n) is 2.95. The molecule has 2 N–H and O–H groups in total. The van der Waals surface area contributed by atoms with Crippen LogP contribution in [0.4, 0.5) is 15.8 Å². The summed E-state index contributed by atoms with van der Waals surface area (Å²) in [6, 6.07) is 11.2. The van der Waals surface area contributed by atoms with Crippen LogP contribution >= 0.6 is 24.0 Å². The van der Waals surface area contributed by atoms with Crippen molar-refractivity contribution in [1.82, 2.24) is 9.97 Å². The van der Waals surface area contributed by atoms with E-state index < -0.39 is 5.82 Å². The Balaban J connectivity index is 0.00000272. The number of nitrogens with zero attached hydrogens (tertiary/aromatic N) is 2. The normalized spacial score (nSPS) is 10.4. The van der Waals surface area contributed by atoms with Crippen molar-refractivity contribution in [3.63, 3.8) is 0 Å². The highest BCUT2D eigenvalue weighted by Gasteiger charge is 2.13. The van der Waals surface area contributed by atoms with Gasteiger partial charge in [0.25, 0.3) is 0 Å². The van der Waals surface area contributed by atoms with E-state index in [1.165, 1.54) is 6.07 Å². The Hall–Kier alpha value is -3.29. The van der Waals surface area contributed by atoms with Crippen molar-refractivity contribution in [2.45, 2.75) is 6.61 Å². The summed E-state index contributed by atoms with van der Waals surface area (Å²) in [7, 11) is 1.54. The largest absolute Gasteiger partial charge is 0.506 e. The first-order valence-electron chi connectivity index (χ1n) is 8.98. The maximum Gasteiger partial charge on any atom is 0.163 e. The van der Waals surface area contributed by atoms with Crippen LogP contribution in [0, 0.1) is 5.82 Å². The van der Waals surface area contributed by atoms with Gasteiger partial charge in [-0.25, -0.2) is 4.39 Å². The number of methoxy groups -OCH3 is 1. The predicted molar refractivity (Wildman–Crippen MR) is 120 cm³/mol. The van der Waals surface area contributed by atoms with Crippen LogP contribution in [0.1, 0.15) is 5.56 Å². The summed E-state index contributed by atoms with van der Waals surface area (Å²) in [5, 5.41) is 13.4. The number of nitrogens with one attached hydrogen (secondary N) is 1. The Kier molecular flexibility index (Phi) is 6.99. The molecule has 2 heterocycles. The van der Waals surface area contributed by atoms with Crippen molar-refractivity contribution in [2.24, 2.45) is 0 Å². The molecular weight excluding hydrogens is 444 g/mol. The first-order valence-corrected chi connectivity index (χ1v) is 9.36. The number of pyridine rings is 2. The van der Waals surface area contributed by atoms with Gasteiger partial charge >= 0.3 is 0 Å². The molecule has 160 valence electrons. The number of rotatable bonds is 6. The fourth-order valence-corrected chi connectivity index (χ4v) is 3.10. The first-order chi connectivity index (χ1) is 14.5. The van der Waals surface area contributed by atoms with Crippen LogP contribution in [0.3, 0.4) is 0 Å². The molecule has 0 amide bonds. The quantitative estimate of drug-likeness (QED) is 0.373. The van der Waals surface area contributed by atoms with Crippen molar-refractivity contribution >= 4 is 46.3 Å². The van der Waals surface area contributed by atoms with Gasteiger partial charge in [-0.15, -0.1) is 12.4 Å². The van der Waals surface area contributed by atoms with E-state index in [4.69, 9.17) is 21.1 Å². The van der Waals surface area contributed by atoms with Crippen molar-refractivity contribution < 1.29 is 19.0 Å². The molecule has 0 aliphatic carbocycles. The van der Waals surface area contributed by atoms with Crippen molar-refractivity contribution in [3.8, 4) is 17.2 Å². The van der Waals surface area contributed by atoms with Gasteiger partial charge < -0.3 is 19.9 Å². The van der Waals surface area contributed by atoms with Crippen LogP contribution in [-0.4, -0.2) is 22.2 Å². The highest BCUT2D eigenvalue weighted by atomic mass is 35.5. The molecule has 0 atom stereocenters. The molecule has 6 nitrogen and oxygen atoms in total. The predicted octanol–water partition coefficient (Wildman–Crippen LogP) is 5.88. The van der Waals surface area contributed by atoms with Crippen LogP contribution in [0.5, 0.6) is 17.2 Å². The second-order valence-electron chi connectivity index (χ2n) is 6.43. The van der Waals surface area contributed by atoms with Crippen LogP contribution in [0.2, 0.25) is 5.02 Å². The summed E-state index contributed by atoms with van der Waals surface area (Å²) in [6.45, 7) is 0.345. The van der Waals surface area contributed by atoms with Gasteiger partial charge in [0, 0.05) is 41.8 Å². The number of phenolic OH excluding ortho intramolecular Hbond substituents is 1. The molecule has 0 saturated heterocycles. The van der Waals surface area contributed by atoms with E-state index in [0.717, 1.165) is 11.6 Å². The van der Waals surface area contributed by atoms with Gasteiger partial charge in [0.1, 0.15) is 18.2 Å². The number of benzene rings is 2. The summed E-state index contributed by atoms with van der Waals surface area (Å²) in [5.74, 6) is 0.226. The Bertz CT molecular complexity index is 1210. The highest BCUT2D eigenvalue weighted by molar-refractivity contribution is 6.32. The lowest BCUT2D eigenvalue weighted by atomic mass is 10.1. The number of aromatic nitrogens is 2. The van der Waals surface area contributed by atoms with Gasteiger partial charge in [0.2, 0.25) is 0 Å². The van der Waals surface area contributed by atoms with Gasteiger partial charge in [0.05, 0.1) is 23.3 Å². The lowest BCUT2D eigenvalue weighted by Crippen LogP contribution is -2.00. The molecule has 31 heavy (non-hydrogen) atoms. The number of phenols is 1. The molecule has 0 bridgehead atoms. The van der Waals surface area contributed by atoms with Crippen LogP contribution in [0.25, 0.3) is 10.9 Å². The molecule has 0 fully saturated rings. The molecule has 9 heteroatoms. The minimum Gasteiger partial charge on any atom is -0.506 e. The summed E-state index contributed by atoms with van der Waals surface area (Å²) >= 11 is 5.75. The van der Waals surface area contributed by atoms with Gasteiger partial charge in [0.15, 0.2) is 11.5 Å². The Morgan fingerprint density at radius 3 is 2.55 bits per heavy atom. The number of fused-ring (bicyclic) bond motifs is 1. The standard InChI is InChI=1S/C22H17ClFN3O3.ClH/c1-29-21-8-14-17(27-19-10-20(28)15(23)9-16(19)24)4-7-26-18(14)11-22(21)30-12-13-2-5-25-6-3-13;/h2-11,28H,12H2,1H3,(H,26,27);1H. The molecule has 0 radical (unpaired) electrons. The Morgan fingerprint density at radius 1 is 1.03 bits per heavy atom. The average molecular weight is 462 g/mol. The fraction of sp³-hybridized carbons (Fsp3) is 0.0909. The summed E-state index contributed by atoms with van der Waals surface area (Å²) < 4.78 is 25.7. The van der Waals surface area contributed by atoms with Crippen LogP contribution in [0.15, 0.2) is 61.1 Å². The van der Waals surface area contributed by atoms with Crippen molar-refractivity contribution in [2.75, 3.05) is 12.4 Å². The molecule has 0 spiro atoms. The first kappa shape index (κ1) is 22.4. The van der Waals surface area contributed by atoms with E-state index in [1.54, 1.807) is 43.9 Å². The summed E-state index contributed by atoms with van der Waals surface area (Å²) in [4.78, 5) is 8.37. The molecule has 0 unspecified atom stereocenters. The third-order valence-corrected chi connectivity index (χ3v) is 4.78. The zero-order valence-corrected chi connectivity index (χ0v) is 17.9. The maximum absolute atomic E-state index is 14.3. The van der Waals surface area contributed by atoms with E-state index in [0.29, 0.717) is 34.7 Å². The Labute approximate surface area is 189 Å². The van der Waals surface area contributed by atoms with E-state index in [-0.39, 0.29) is 28.9 Å². The summed E-state index contributed by atoms with van der Waals surface area (Å²) in [5.41, 5.74) is 2.26. The summed E-state index contributed by atoms with van der Waals surface area (Å²) in [6.07, 6.45) is 4.99. The van der Waals surface area contributed by atoms with E-state index in [9.17, 15) is 9.50 Å². The van der Waals surface area contributed by atoms with Crippen molar-refractivity contribution in [1.29, 1.82) is 0 Å². The Morgan fingerprint density at radius 2 is 1.81 bits per heavy atom. The van der Waals surface area contributed by atoms with Gasteiger partial charge in [-0.2, -0.15) is 0 Å². The topological polar surface area (TPSA) is 76.5 Å². The zero-order valence-electron chi connectivity index (χ0n) is 16.3. The molecule has 0 aliphatic heterocycles. The third-order valence-electron chi connectivity index (χ3n) is 4.48.